The molecule has 1 aliphatic rings. The fourth-order valence-electron chi connectivity index (χ4n) is 4.24. The van der Waals surface area contributed by atoms with Gasteiger partial charge >= 0.3 is 5.97 Å². The number of carboxylic acid groups (broad SMARTS) is 1. The molecule has 5 nitrogen and oxygen atoms in total. The first kappa shape index (κ1) is 21.3. The molecular formula is C23H25BrN2O3S. The number of piperidine rings is 1. The highest BCUT2D eigenvalue weighted by Gasteiger charge is 2.27. The van der Waals surface area contributed by atoms with E-state index in [1.54, 1.807) is 11.8 Å². The van der Waals surface area contributed by atoms with Crippen LogP contribution in [-0.4, -0.2) is 38.7 Å². The number of fused-ring (bicyclic) bond motifs is 1. The number of aryl methyl sites for hydroxylation is 1. The van der Waals surface area contributed by atoms with Gasteiger partial charge in [-0.3, -0.25) is 4.90 Å². The van der Waals surface area contributed by atoms with Crippen LogP contribution in [0.25, 0.3) is 10.9 Å². The summed E-state index contributed by atoms with van der Waals surface area (Å²) in [7, 11) is 1.91. The van der Waals surface area contributed by atoms with Crippen molar-refractivity contribution in [1.29, 1.82) is 0 Å². The van der Waals surface area contributed by atoms with E-state index in [9.17, 15) is 15.0 Å². The lowest BCUT2D eigenvalue weighted by atomic mass is 10.0. The Kier molecular flexibility index (Phi) is 6.41. The molecule has 2 heterocycles. The topological polar surface area (TPSA) is 65.7 Å². The Bertz CT molecular complexity index is 1080. The molecule has 0 saturated carbocycles. The molecule has 30 heavy (non-hydrogen) atoms. The molecule has 3 aromatic rings. The van der Waals surface area contributed by atoms with Gasteiger partial charge in [-0.1, -0.05) is 24.6 Å². The minimum Gasteiger partial charge on any atom is -0.506 e. The number of phenolic OH excluding ortho intramolecular Hbond substituents is 1. The number of aromatic carboxylic acids is 1. The number of nitrogens with zero attached hydrogens (tertiary/aromatic N) is 2. The van der Waals surface area contributed by atoms with Crippen LogP contribution in [0.3, 0.4) is 0 Å². The van der Waals surface area contributed by atoms with E-state index in [-0.39, 0.29) is 5.75 Å². The number of carboxylic acids is 1. The van der Waals surface area contributed by atoms with Crippen LogP contribution in [-0.2, 0) is 19.3 Å². The van der Waals surface area contributed by atoms with E-state index < -0.39 is 5.97 Å². The third-order valence-corrected chi connectivity index (χ3v) is 7.43. The second-order valence-corrected chi connectivity index (χ2v) is 9.61. The summed E-state index contributed by atoms with van der Waals surface area (Å²) in [4.78, 5) is 15.8. The van der Waals surface area contributed by atoms with Gasteiger partial charge in [0.15, 0.2) is 0 Å². The molecule has 158 valence electrons. The Hall–Kier alpha value is -1.96. The van der Waals surface area contributed by atoms with Crippen LogP contribution in [0.1, 0.15) is 40.9 Å². The van der Waals surface area contributed by atoms with Gasteiger partial charge in [0, 0.05) is 40.9 Å². The number of likely N-dealkylation sites (tertiary alicyclic amines) is 1. The smallest absolute Gasteiger partial charge is 0.338 e. The maximum atomic E-state index is 12.4. The zero-order chi connectivity index (χ0) is 21.3. The van der Waals surface area contributed by atoms with Gasteiger partial charge in [-0.25, -0.2) is 4.79 Å². The van der Waals surface area contributed by atoms with Crippen molar-refractivity contribution < 1.29 is 15.0 Å². The summed E-state index contributed by atoms with van der Waals surface area (Å²) in [6.07, 6.45) is 3.50. The predicted octanol–water partition coefficient (Wildman–Crippen LogP) is 5.62. The molecule has 0 aliphatic carbocycles. The quantitative estimate of drug-likeness (QED) is 0.440. The molecule has 0 amide bonds. The van der Waals surface area contributed by atoms with Crippen LogP contribution in [0.4, 0.5) is 0 Å². The molecule has 7 heteroatoms. The average molecular weight is 489 g/mol. The molecule has 0 atom stereocenters. The number of carbonyl (C=O) groups is 1. The summed E-state index contributed by atoms with van der Waals surface area (Å²) in [5.41, 5.74) is 2.58. The van der Waals surface area contributed by atoms with Gasteiger partial charge in [0.1, 0.15) is 5.75 Å². The van der Waals surface area contributed by atoms with Crippen LogP contribution in [0.2, 0.25) is 0 Å². The molecule has 1 aliphatic heterocycles. The molecule has 1 aromatic heterocycles. The number of aromatic hydroxyl groups is 1. The minimum absolute atomic E-state index is 0.142. The van der Waals surface area contributed by atoms with Crippen molar-refractivity contribution >= 4 is 44.6 Å². The number of phenols is 1. The fourth-order valence-corrected chi connectivity index (χ4v) is 5.69. The number of rotatable bonds is 6. The summed E-state index contributed by atoms with van der Waals surface area (Å²) in [6.45, 7) is 2.50. The van der Waals surface area contributed by atoms with E-state index in [0.29, 0.717) is 33.3 Å². The standard InChI is InChI=1S/C23H25BrN2O3S/c1-25-18-12-17(24)22(27)16(13-26-10-6-3-7-11-26)20(18)21(23(28)29)19(25)14-30-15-8-4-2-5-9-15/h2,4-5,8-9,12,27H,3,6-7,10-11,13-14H2,1H3,(H,28,29). The lowest BCUT2D eigenvalue weighted by Crippen LogP contribution is -2.29. The number of benzene rings is 2. The SMILES string of the molecule is Cn1c(CSc2ccccc2)c(C(=O)O)c2c(CN3CCCCC3)c(O)c(Br)cc21. The highest BCUT2D eigenvalue weighted by molar-refractivity contribution is 9.10. The van der Waals surface area contributed by atoms with Gasteiger partial charge < -0.3 is 14.8 Å². The summed E-state index contributed by atoms with van der Waals surface area (Å²) < 4.78 is 2.56. The van der Waals surface area contributed by atoms with Crippen LogP contribution in [0.5, 0.6) is 5.75 Å². The van der Waals surface area contributed by atoms with Crippen molar-refractivity contribution in [3.63, 3.8) is 0 Å². The fraction of sp³-hybridized carbons (Fsp3) is 0.348. The molecular weight excluding hydrogens is 464 g/mol. The van der Waals surface area contributed by atoms with E-state index in [1.165, 1.54) is 6.42 Å². The predicted molar refractivity (Wildman–Crippen MR) is 124 cm³/mol. The minimum atomic E-state index is -0.953. The van der Waals surface area contributed by atoms with Crippen molar-refractivity contribution in [3.05, 3.63) is 57.7 Å². The normalized spacial score (nSPS) is 15.0. The van der Waals surface area contributed by atoms with Gasteiger partial charge in [-0.15, -0.1) is 11.8 Å². The Labute approximate surface area is 188 Å². The first-order valence-corrected chi connectivity index (χ1v) is 11.9. The summed E-state index contributed by atoms with van der Waals surface area (Å²) >= 11 is 5.09. The van der Waals surface area contributed by atoms with Gasteiger partial charge in [-0.2, -0.15) is 0 Å². The molecule has 2 aromatic carbocycles. The molecule has 0 radical (unpaired) electrons. The first-order chi connectivity index (χ1) is 14.5. The van der Waals surface area contributed by atoms with Crippen LogP contribution in [0, 0.1) is 0 Å². The van der Waals surface area contributed by atoms with Crippen LogP contribution >= 0.6 is 27.7 Å². The van der Waals surface area contributed by atoms with Crippen molar-refractivity contribution in [2.75, 3.05) is 13.1 Å². The molecule has 0 unspecified atom stereocenters. The second kappa shape index (κ2) is 9.04. The molecule has 2 N–H and O–H groups in total. The zero-order valence-electron chi connectivity index (χ0n) is 16.9. The molecule has 0 spiro atoms. The Balaban J connectivity index is 1.82. The van der Waals surface area contributed by atoms with Crippen molar-refractivity contribution in [2.45, 2.75) is 36.5 Å². The molecule has 0 bridgehead atoms. The van der Waals surface area contributed by atoms with E-state index in [2.05, 4.69) is 20.8 Å². The summed E-state index contributed by atoms with van der Waals surface area (Å²) in [5.74, 6) is -0.271. The maximum Gasteiger partial charge on any atom is 0.338 e. The van der Waals surface area contributed by atoms with E-state index in [4.69, 9.17) is 0 Å². The Morgan fingerprint density at radius 2 is 1.87 bits per heavy atom. The van der Waals surface area contributed by atoms with Gasteiger partial charge in [0.25, 0.3) is 0 Å². The lowest BCUT2D eigenvalue weighted by Gasteiger charge is -2.27. The van der Waals surface area contributed by atoms with Crippen LogP contribution in [0.15, 0.2) is 45.8 Å². The molecule has 4 rings (SSSR count). The summed E-state index contributed by atoms with van der Waals surface area (Å²) in [6, 6.07) is 11.8. The van der Waals surface area contributed by atoms with Gasteiger partial charge in [-0.05, 0) is 60.1 Å². The van der Waals surface area contributed by atoms with E-state index in [0.717, 1.165) is 42.0 Å². The summed E-state index contributed by atoms with van der Waals surface area (Å²) in [5, 5.41) is 21.6. The van der Waals surface area contributed by atoms with Crippen LogP contribution < -0.4 is 0 Å². The third-order valence-electron chi connectivity index (χ3n) is 5.80. The Morgan fingerprint density at radius 3 is 2.53 bits per heavy atom. The van der Waals surface area contributed by atoms with E-state index >= 15 is 0 Å². The van der Waals surface area contributed by atoms with Gasteiger partial charge in [0.2, 0.25) is 0 Å². The second-order valence-electron chi connectivity index (χ2n) is 7.70. The Morgan fingerprint density at radius 1 is 1.17 bits per heavy atom. The number of hydrogen-bond donors (Lipinski definition) is 2. The zero-order valence-corrected chi connectivity index (χ0v) is 19.3. The largest absolute Gasteiger partial charge is 0.506 e. The van der Waals surface area contributed by atoms with Crippen molar-refractivity contribution in [2.24, 2.45) is 7.05 Å². The third kappa shape index (κ3) is 4.11. The number of aromatic nitrogens is 1. The monoisotopic (exact) mass is 488 g/mol. The number of halogens is 1. The molecule has 1 fully saturated rings. The van der Waals surface area contributed by atoms with Crippen molar-refractivity contribution in [3.8, 4) is 5.75 Å². The number of thioether (sulfide) groups is 1. The van der Waals surface area contributed by atoms with Gasteiger partial charge in [0.05, 0.1) is 15.6 Å². The molecule has 1 saturated heterocycles. The van der Waals surface area contributed by atoms with E-state index in [1.807, 2.05) is 48.0 Å². The lowest BCUT2D eigenvalue weighted by molar-refractivity contribution is 0.0697. The van der Waals surface area contributed by atoms with Crippen molar-refractivity contribution in [1.82, 2.24) is 9.47 Å². The highest BCUT2D eigenvalue weighted by Crippen LogP contribution is 2.41. The highest BCUT2D eigenvalue weighted by atomic mass is 79.9. The first-order valence-electron chi connectivity index (χ1n) is 10.1. The number of hydrogen-bond acceptors (Lipinski definition) is 4. The maximum absolute atomic E-state index is 12.4. The average Bonchev–Trinajstić information content (AvgIpc) is 3.03.